The number of piperazine rings is 1. The first-order chi connectivity index (χ1) is 13.7. The predicted octanol–water partition coefficient (Wildman–Crippen LogP) is 1.03. The zero-order valence-corrected chi connectivity index (χ0v) is 16.2. The van der Waals surface area contributed by atoms with E-state index in [2.05, 4.69) is 30.1 Å². The molecule has 0 N–H and O–H groups in total. The van der Waals surface area contributed by atoms with Crippen LogP contribution in [0, 0.1) is 0 Å². The number of carbonyl (C=O) groups is 1. The molecule has 0 radical (unpaired) electrons. The van der Waals surface area contributed by atoms with Gasteiger partial charge in [0.15, 0.2) is 17.0 Å². The second kappa shape index (κ2) is 7.89. The summed E-state index contributed by atoms with van der Waals surface area (Å²) >= 11 is 0. The lowest BCUT2D eigenvalue weighted by molar-refractivity contribution is -0.119. The zero-order chi connectivity index (χ0) is 19.5. The molecular formula is C19H24N8O. The van der Waals surface area contributed by atoms with Gasteiger partial charge in [-0.05, 0) is 19.1 Å². The monoisotopic (exact) mass is 380 g/mol. The van der Waals surface area contributed by atoms with Crippen molar-refractivity contribution in [3.05, 3.63) is 36.7 Å². The smallest absolute Gasteiger partial charge is 0.240 e. The Kier molecular flexibility index (Phi) is 5.16. The molecule has 0 saturated carbocycles. The Hall–Kier alpha value is -3.07. The van der Waals surface area contributed by atoms with Crippen molar-refractivity contribution >= 4 is 28.6 Å². The van der Waals surface area contributed by atoms with E-state index in [1.807, 2.05) is 44.3 Å². The van der Waals surface area contributed by atoms with Gasteiger partial charge in [-0.25, -0.2) is 14.6 Å². The highest BCUT2D eigenvalue weighted by Crippen LogP contribution is 2.21. The number of rotatable bonds is 5. The van der Waals surface area contributed by atoms with Crippen molar-refractivity contribution < 1.29 is 4.79 Å². The number of hydrogen-bond donors (Lipinski definition) is 0. The Balaban J connectivity index is 1.39. The molecule has 9 heteroatoms. The second-order valence-corrected chi connectivity index (χ2v) is 6.83. The Bertz CT molecular complexity index is 949. The minimum atomic E-state index is 0.0926. The zero-order valence-electron chi connectivity index (χ0n) is 16.2. The Morgan fingerprint density at radius 2 is 1.86 bits per heavy atom. The van der Waals surface area contributed by atoms with Gasteiger partial charge in [-0.15, -0.1) is 5.10 Å². The van der Waals surface area contributed by atoms with Gasteiger partial charge in [-0.1, -0.05) is 23.4 Å². The number of likely N-dealkylation sites (N-methyl/N-ethyl adjacent to an activating group) is 1. The number of anilines is 2. The van der Waals surface area contributed by atoms with E-state index in [9.17, 15) is 4.79 Å². The molecule has 2 aromatic heterocycles. The highest BCUT2D eigenvalue weighted by molar-refractivity contribution is 5.94. The number of amides is 1. The summed E-state index contributed by atoms with van der Waals surface area (Å²) in [4.78, 5) is 27.4. The van der Waals surface area contributed by atoms with E-state index in [4.69, 9.17) is 0 Å². The fraction of sp³-hybridized carbons (Fsp3) is 0.421. The number of para-hydroxylation sites is 1. The van der Waals surface area contributed by atoms with E-state index < -0.39 is 0 Å². The summed E-state index contributed by atoms with van der Waals surface area (Å²) in [6.45, 7) is 6.30. The largest absolute Gasteiger partial charge is 0.352 e. The maximum Gasteiger partial charge on any atom is 0.240 e. The lowest BCUT2D eigenvalue weighted by Gasteiger charge is -2.35. The second-order valence-electron chi connectivity index (χ2n) is 6.83. The minimum absolute atomic E-state index is 0.0926. The van der Waals surface area contributed by atoms with Crippen molar-refractivity contribution in [3.63, 3.8) is 0 Å². The molecule has 1 aliphatic heterocycles. The quantitative estimate of drug-likeness (QED) is 0.654. The van der Waals surface area contributed by atoms with Crippen LogP contribution in [0.2, 0.25) is 0 Å². The first-order valence-electron chi connectivity index (χ1n) is 9.50. The predicted molar refractivity (Wildman–Crippen MR) is 107 cm³/mol. The van der Waals surface area contributed by atoms with Crippen LogP contribution in [-0.4, -0.2) is 75.5 Å². The summed E-state index contributed by atoms with van der Waals surface area (Å²) in [5.41, 5.74) is 2.40. The first-order valence-corrected chi connectivity index (χ1v) is 9.50. The third kappa shape index (κ3) is 3.53. The molecule has 9 nitrogen and oxygen atoms in total. The summed E-state index contributed by atoms with van der Waals surface area (Å²) in [6.07, 6.45) is 1.57. The molecule has 3 heterocycles. The molecule has 4 rings (SSSR count). The molecule has 0 bridgehead atoms. The SMILES string of the molecule is CCn1nnc2c(N3CCN(CC(=O)N(C)c4ccccc4)CC3)ncnc21. The molecule has 1 fully saturated rings. The fourth-order valence-corrected chi connectivity index (χ4v) is 3.44. The van der Waals surface area contributed by atoms with Gasteiger partial charge >= 0.3 is 0 Å². The lowest BCUT2D eigenvalue weighted by Crippen LogP contribution is -2.50. The van der Waals surface area contributed by atoms with Crippen LogP contribution >= 0.6 is 0 Å². The summed E-state index contributed by atoms with van der Waals surface area (Å²) in [5, 5.41) is 8.41. The van der Waals surface area contributed by atoms with Crippen molar-refractivity contribution in [2.45, 2.75) is 13.5 Å². The number of nitrogens with zero attached hydrogens (tertiary/aromatic N) is 8. The normalized spacial score (nSPS) is 15.1. The maximum absolute atomic E-state index is 12.6. The van der Waals surface area contributed by atoms with Gasteiger partial charge in [0, 0.05) is 45.5 Å². The summed E-state index contributed by atoms with van der Waals surface area (Å²) in [5.74, 6) is 0.909. The van der Waals surface area contributed by atoms with E-state index in [-0.39, 0.29) is 5.91 Å². The van der Waals surface area contributed by atoms with Crippen molar-refractivity contribution in [1.29, 1.82) is 0 Å². The van der Waals surface area contributed by atoms with Crippen molar-refractivity contribution in [2.75, 3.05) is 49.6 Å². The number of carbonyl (C=O) groups excluding carboxylic acids is 1. The Morgan fingerprint density at radius 3 is 2.57 bits per heavy atom. The number of benzene rings is 1. The van der Waals surface area contributed by atoms with Gasteiger partial charge in [0.25, 0.3) is 0 Å². The lowest BCUT2D eigenvalue weighted by atomic mass is 10.2. The highest BCUT2D eigenvalue weighted by Gasteiger charge is 2.24. The summed E-state index contributed by atoms with van der Waals surface area (Å²) in [6, 6.07) is 9.72. The van der Waals surface area contributed by atoms with E-state index in [0.29, 0.717) is 6.54 Å². The summed E-state index contributed by atoms with van der Waals surface area (Å²) in [7, 11) is 1.82. The van der Waals surface area contributed by atoms with Crippen molar-refractivity contribution in [2.24, 2.45) is 0 Å². The van der Waals surface area contributed by atoms with Crippen LogP contribution in [0.4, 0.5) is 11.5 Å². The van der Waals surface area contributed by atoms with Crippen LogP contribution in [0.5, 0.6) is 0 Å². The van der Waals surface area contributed by atoms with Crippen LogP contribution in [0.3, 0.4) is 0 Å². The number of aryl methyl sites for hydroxylation is 1. The summed E-state index contributed by atoms with van der Waals surface area (Å²) < 4.78 is 1.77. The topological polar surface area (TPSA) is 83.3 Å². The highest BCUT2D eigenvalue weighted by atomic mass is 16.2. The fourth-order valence-electron chi connectivity index (χ4n) is 3.44. The molecule has 0 unspecified atom stereocenters. The van der Waals surface area contributed by atoms with Crippen LogP contribution in [0.15, 0.2) is 36.7 Å². The third-order valence-electron chi connectivity index (χ3n) is 5.13. The standard InChI is InChI=1S/C19H24N8O/c1-3-27-19-17(22-23-27)18(20-14-21-19)26-11-9-25(10-12-26)13-16(28)24(2)15-7-5-4-6-8-15/h4-8,14H,3,9-13H2,1-2H3. The number of fused-ring (bicyclic) bond motifs is 1. The van der Waals surface area contributed by atoms with E-state index in [0.717, 1.165) is 55.4 Å². The van der Waals surface area contributed by atoms with Crippen LogP contribution in [0.1, 0.15) is 6.92 Å². The minimum Gasteiger partial charge on any atom is -0.352 e. The van der Waals surface area contributed by atoms with Gasteiger partial charge in [-0.3, -0.25) is 9.69 Å². The average molecular weight is 380 g/mol. The van der Waals surface area contributed by atoms with E-state index in [1.165, 1.54) is 0 Å². The molecule has 0 atom stereocenters. The van der Waals surface area contributed by atoms with Crippen molar-refractivity contribution in [3.8, 4) is 0 Å². The van der Waals surface area contributed by atoms with Gasteiger partial charge in [-0.2, -0.15) is 0 Å². The van der Waals surface area contributed by atoms with Gasteiger partial charge in [0.2, 0.25) is 5.91 Å². The molecule has 0 aliphatic carbocycles. The van der Waals surface area contributed by atoms with Crippen LogP contribution in [-0.2, 0) is 11.3 Å². The molecule has 3 aromatic rings. The van der Waals surface area contributed by atoms with E-state index >= 15 is 0 Å². The van der Waals surface area contributed by atoms with Crippen molar-refractivity contribution in [1.82, 2.24) is 29.9 Å². The maximum atomic E-state index is 12.6. The van der Waals surface area contributed by atoms with Gasteiger partial charge in [0.05, 0.1) is 6.54 Å². The average Bonchev–Trinajstić information content (AvgIpc) is 3.18. The van der Waals surface area contributed by atoms with Gasteiger partial charge < -0.3 is 9.80 Å². The Labute approximate surface area is 163 Å². The van der Waals surface area contributed by atoms with E-state index in [1.54, 1.807) is 15.9 Å². The molecule has 1 saturated heterocycles. The number of aromatic nitrogens is 5. The molecule has 0 spiro atoms. The molecule has 1 aliphatic rings. The molecule has 1 amide bonds. The molecule has 28 heavy (non-hydrogen) atoms. The van der Waals surface area contributed by atoms with Crippen LogP contribution in [0.25, 0.3) is 11.2 Å². The number of hydrogen-bond acceptors (Lipinski definition) is 7. The molecular weight excluding hydrogens is 356 g/mol. The van der Waals surface area contributed by atoms with Crippen LogP contribution < -0.4 is 9.80 Å². The Morgan fingerprint density at radius 1 is 1.11 bits per heavy atom. The first kappa shape index (κ1) is 18.3. The molecule has 1 aromatic carbocycles. The van der Waals surface area contributed by atoms with Gasteiger partial charge in [0.1, 0.15) is 6.33 Å². The third-order valence-corrected chi connectivity index (χ3v) is 5.13. The molecule has 146 valence electrons.